The largest absolute Gasteiger partial charge is 0.247 e. The SMILES string of the molecule is N#CCCCCC=CCF. The molecule has 0 aromatic rings. The fraction of sp³-hybridized carbons (Fsp3) is 0.625. The van der Waals surface area contributed by atoms with Gasteiger partial charge in [0.2, 0.25) is 0 Å². The van der Waals surface area contributed by atoms with E-state index in [2.05, 4.69) is 6.07 Å². The molecule has 0 unspecified atom stereocenters. The highest BCUT2D eigenvalue weighted by Crippen LogP contribution is 1.99. The highest BCUT2D eigenvalue weighted by Gasteiger charge is 1.82. The monoisotopic (exact) mass is 141 g/mol. The Kier molecular flexibility index (Phi) is 7.47. The van der Waals surface area contributed by atoms with Crippen LogP contribution in [-0.2, 0) is 0 Å². The molecule has 0 radical (unpaired) electrons. The molecule has 0 heterocycles. The van der Waals surface area contributed by atoms with E-state index in [0.717, 1.165) is 19.3 Å². The fourth-order valence-corrected chi connectivity index (χ4v) is 0.647. The average molecular weight is 141 g/mol. The molecular weight excluding hydrogens is 129 g/mol. The van der Waals surface area contributed by atoms with E-state index in [0.29, 0.717) is 6.42 Å². The van der Waals surface area contributed by atoms with Crippen LogP contribution in [0.15, 0.2) is 12.2 Å². The Labute approximate surface area is 61.2 Å². The van der Waals surface area contributed by atoms with Gasteiger partial charge in [-0.25, -0.2) is 4.39 Å². The molecule has 1 nitrogen and oxygen atoms in total. The third-order valence-corrected chi connectivity index (χ3v) is 1.17. The summed E-state index contributed by atoms with van der Waals surface area (Å²) in [7, 11) is 0. The highest BCUT2D eigenvalue weighted by molar-refractivity contribution is 4.81. The lowest BCUT2D eigenvalue weighted by molar-refractivity contribution is 0.560. The Bertz CT molecular complexity index is 124. The minimum absolute atomic E-state index is 0.377. The smallest absolute Gasteiger partial charge is 0.108 e. The quantitative estimate of drug-likeness (QED) is 0.426. The van der Waals surface area contributed by atoms with Crippen LogP contribution in [0.3, 0.4) is 0 Å². The van der Waals surface area contributed by atoms with Gasteiger partial charge >= 0.3 is 0 Å². The van der Waals surface area contributed by atoms with Gasteiger partial charge in [-0.15, -0.1) is 0 Å². The molecule has 0 atom stereocenters. The summed E-state index contributed by atoms with van der Waals surface area (Å²) in [5.74, 6) is 0. The third kappa shape index (κ3) is 7.16. The number of alkyl halides is 1. The van der Waals surface area contributed by atoms with Crippen molar-refractivity contribution in [3.05, 3.63) is 12.2 Å². The van der Waals surface area contributed by atoms with Gasteiger partial charge in [-0.2, -0.15) is 5.26 Å². The highest BCUT2D eigenvalue weighted by atomic mass is 19.1. The first-order valence-electron chi connectivity index (χ1n) is 3.49. The lowest BCUT2D eigenvalue weighted by Crippen LogP contribution is -1.72. The summed E-state index contributed by atoms with van der Waals surface area (Å²) in [6, 6.07) is 2.06. The molecule has 0 aromatic heterocycles. The number of hydrogen-bond acceptors (Lipinski definition) is 1. The molecule has 56 valence electrons. The van der Waals surface area contributed by atoms with Gasteiger partial charge in [0.15, 0.2) is 0 Å². The van der Waals surface area contributed by atoms with E-state index in [1.807, 2.05) is 6.08 Å². The Balaban J connectivity index is 2.92. The van der Waals surface area contributed by atoms with Crippen LogP contribution < -0.4 is 0 Å². The molecule has 0 aromatic carbocycles. The first-order valence-corrected chi connectivity index (χ1v) is 3.49. The standard InChI is InChI=1S/C8H12FN/c9-7-5-3-1-2-4-6-8-10/h3,5H,1-2,4,6-7H2. The van der Waals surface area contributed by atoms with Crippen LogP contribution in [0.5, 0.6) is 0 Å². The number of halogens is 1. The molecule has 0 saturated carbocycles. The van der Waals surface area contributed by atoms with E-state index in [1.54, 1.807) is 0 Å². The zero-order valence-electron chi connectivity index (χ0n) is 6.02. The molecule has 0 aliphatic heterocycles. The number of nitrogens with zero attached hydrogens (tertiary/aromatic N) is 1. The average Bonchev–Trinajstić information content (AvgIpc) is 1.97. The predicted octanol–water partition coefficient (Wildman–Crippen LogP) is 2.60. The predicted molar refractivity (Wildman–Crippen MR) is 39.2 cm³/mol. The van der Waals surface area contributed by atoms with Crippen molar-refractivity contribution in [1.82, 2.24) is 0 Å². The normalized spacial score (nSPS) is 10.0. The molecule has 0 aliphatic rings. The second-order valence-electron chi connectivity index (χ2n) is 2.03. The number of unbranched alkanes of at least 4 members (excludes halogenated alkanes) is 3. The molecule has 0 fully saturated rings. The van der Waals surface area contributed by atoms with E-state index in [-0.39, 0.29) is 6.67 Å². The van der Waals surface area contributed by atoms with Crippen molar-refractivity contribution in [3.63, 3.8) is 0 Å². The number of rotatable bonds is 5. The van der Waals surface area contributed by atoms with Gasteiger partial charge in [-0.3, -0.25) is 0 Å². The van der Waals surface area contributed by atoms with Crippen molar-refractivity contribution in [2.24, 2.45) is 0 Å². The molecular formula is C8H12FN. The second kappa shape index (κ2) is 8.16. The van der Waals surface area contributed by atoms with Gasteiger partial charge in [0.1, 0.15) is 6.67 Å². The second-order valence-corrected chi connectivity index (χ2v) is 2.03. The number of allylic oxidation sites excluding steroid dienone is 2. The summed E-state index contributed by atoms with van der Waals surface area (Å²) in [6.07, 6.45) is 6.75. The van der Waals surface area contributed by atoms with Gasteiger partial charge in [0, 0.05) is 6.42 Å². The van der Waals surface area contributed by atoms with E-state index in [9.17, 15) is 4.39 Å². The first kappa shape index (κ1) is 9.16. The molecule has 0 saturated heterocycles. The van der Waals surface area contributed by atoms with Crippen LogP contribution in [0.1, 0.15) is 25.7 Å². The zero-order valence-corrected chi connectivity index (χ0v) is 6.02. The lowest BCUT2D eigenvalue weighted by atomic mass is 10.2. The van der Waals surface area contributed by atoms with Crippen LogP contribution in [-0.4, -0.2) is 6.67 Å². The summed E-state index contributed by atoms with van der Waals surface area (Å²) in [6.45, 7) is -0.377. The van der Waals surface area contributed by atoms with Gasteiger partial charge in [0.25, 0.3) is 0 Å². The molecule has 0 rings (SSSR count). The van der Waals surface area contributed by atoms with E-state index in [1.165, 1.54) is 6.08 Å². The zero-order chi connectivity index (χ0) is 7.66. The molecule has 0 N–H and O–H groups in total. The Morgan fingerprint density at radius 3 is 2.70 bits per heavy atom. The van der Waals surface area contributed by atoms with E-state index in [4.69, 9.17) is 5.26 Å². The van der Waals surface area contributed by atoms with Gasteiger partial charge < -0.3 is 0 Å². The van der Waals surface area contributed by atoms with Crippen LogP contribution in [0.25, 0.3) is 0 Å². The van der Waals surface area contributed by atoms with Crippen LogP contribution in [0.4, 0.5) is 4.39 Å². The minimum atomic E-state index is -0.377. The summed E-state index contributed by atoms with van der Waals surface area (Å²) >= 11 is 0. The van der Waals surface area contributed by atoms with Crippen molar-refractivity contribution < 1.29 is 4.39 Å². The summed E-state index contributed by atoms with van der Waals surface area (Å²) in [5, 5.41) is 8.14. The van der Waals surface area contributed by atoms with Gasteiger partial charge in [-0.05, 0) is 19.3 Å². The Morgan fingerprint density at radius 1 is 1.30 bits per heavy atom. The van der Waals surface area contributed by atoms with Gasteiger partial charge in [-0.1, -0.05) is 12.2 Å². The van der Waals surface area contributed by atoms with Crippen molar-refractivity contribution in [3.8, 4) is 6.07 Å². The van der Waals surface area contributed by atoms with Gasteiger partial charge in [0.05, 0.1) is 6.07 Å². The van der Waals surface area contributed by atoms with Crippen molar-refractivity contribution in [2.45, 2.75) is 25.7 Å². The molecule has 0 amide bonds. The maximum atomic E-state index is 11.4. The molecule has 0 bridgehead atoms. The first-order chi connectivity index (χ1) is 4.91. The van der Waals surface area contributed by atoms with E-state index >= 15 is 0 Å². The van der Waals surface area contributed by atoms with Crippen LogP contribution in [0.2, 0.25) is 0 Å². The lowest BCUT2D eigenvalue weighted by Gasteiger charge is -1.88. The number of hydrogen-bond donors (Lipinski definition) is 0. The van der Waals surface area contributed by atoms with Crippen LogP contribution in [0, 0.1) is 11.3 Å². The summed E-state index contributed by atoms with van der Waals surface area (Å²) < 4.78 is 11.4. The Morgan fingerprint density at radius 2 is 2.10 bits per heavy atom. The molecule has 0 aliphatic carbocycles. The molecule has 2 heteroatoms. The third-order valence-electron chi connectivity index (χ3n) is 1.17. The van der Waals surface area contributed by atoms with E-state index < -0.39 is 0 Å². The van der Waals surface area contributed by atoms with Crippen molar-refractivity contribution in [1.29, 1.82) is 5.26 Å². The topological polar surface area (TPSA) is 23.8 Å². The fourth-order valence-electron chi connectivity index (χ4n) is 0.647. The maximum absolute atomic E-state index is 11.4. The summed E-state index contributed by atoms with van der Waals surface area (Å²) in [4.78, 5) is 0. The van der Waals surface area contributed by atoms with Crippen molar-refractivity contribution in [2.75, 3.05) is 6.67 Å². The summed E-state index contributed by atoms with van der Waals surface area (Å²) in [5.41, 5.74) is 0. The number of nitriles is 1. The maximum Gasteiger partial charge on any atom is 0.108 e. The molecule has 10 heavy (non-hydrogen) atoms. The van der Waals surface area contributed by atoms with Crippen molar-refractivity contribution >= 4 is 0 Å². The minimum Gasteiger partial charge on any atom is -0.247 e. The van der Waals surface area contributed by atoms with Crippen LogP contribution >= 0.6 is 0 Å². The Hall–Kier alpha value is -0.840. The molecule has 0 spiro atoms.